The Morgan fingerprint density at radius 3 is 2.73 bits per heavy atom. The van der Waals surface area contributed by atoms with Gasteiger partial charge in [-0.2, -0.15) is 10.4 Å². The van der Waals surface area contributed by atoms with Gasteiger partial charge >= 0.3 is 0 Å². The lowest BCUT2D eigenvalue weighted by atomic mass is 10.0. The SMILES string of the molecule is CCOc1cc2ncc(C#N)c(Nc3ccc(Oc4cc5ncnn5cn4)c(C)c3)c2c(OC2CCN(C)CC2(F)F)c1NC(=O)/C=C/CN(C)C. The summed E-state index contributed by atoms with van der Waals surface area (Å²) in [7, 11) is 5.34. The summed E-state index contributed by atoms with van der Waals surface area (Å²) in [5.74, 6) is -2.84. The zero-order valence-electron chi connectivity index (χ0n) is 29.4. The Bertz CT molecular complexity index is 2180. The molecule has 52 heavy (non-hydrogen) atoms. The predicted octanol–water partition coefficient (Wildman–Crippen LogP) is 5.56. The number of ether oxygens (including phenoxy) is 3. The van der Waals surface area contributed by atoms with Gasteiger partial charge in [-0.3, -0.25) is 9.78 Å². The molecular weight excluding hydrogens is 674 g/mol. The van der Waals surface area contributed by atoms with E-state index in [0.29, 0.717) is 41.6 Å². The van der Waals surface area contributed by atoms with Crippen LogP contribution in [0.1, 0.15) is 24.5 Å². The molecule has 0 spiro atoms. The predicted molar refractivity (Wildman–Crippen MR) is 191 cm³/mol. The van der Waals surface area contributed by atoms with Crippen LogP contribution in [0, 0.1) is 18.3 Å². The zero-order chi connectivity index (χ0) is 37.0. The van der Waals surface area contributed by atoms with Crippen LogP contribution in [0.4, 0.5) is 25.8 Å². The molecule has 0 radical (unpaired) electrons. The molecule has 1 aliphatic rings. The first-order valence-corrected chi connectivity index (χ1v) is 16.5. The quantitative estimate of drug-likeness (QED) is 0.156. The summed E-state index contributed by atoms with van der Waals surface area (Å²) in [5.41, 5.74) is 2.54. The summed E-state index contributed by atoms with van der Waals surface area (Å²) in [4.78, 5) is 29.6. The summed E-state index contributed by atoms with van der Waals surface area (Å²) in [6.45, 7) is 4.14. The monoisotopic (exact) mass is 712 g/mol. The number of hydrogen-bond donors (Lipinski definition) is 2. The number of halogens is 2. The minimum atomic E-state index is -3.23. The van der Waals surface area contributed by atoms with Crippen LogP contribution < -0.4 is 24.8 Å². The lowest BCUT2D eigenvalue weighted by Gasteiger charge is -2.37. The smallest absolute Gasteiger partial charge is 0.296 e. The lowest BCUT2D eigenvalue weighted by Crippen LogP contribution is -2.52. The number of carbonyl (C=O) groups is 1. The van der Waals surface area contributed by atoms with Crippen LogP contribution in [0.3, 0.4) is 0 Å². The van der Waals surface area contributed by atoms with Crippen molar-refractivity contribution in [1.29, 1.82) is 5.26 Å². The van der Waals surface area contributed by atoms with Crippen LogP contribution in [-0.2, 0) is 4.79 Å². The second-order valence-electron chi connectivity index (χ2n) is 12.6. The van der Waals surface area contributed by atoms with Crippen molar-refractivity contribution in [2.24, 2.45) is 0 Å². The van der Waals surface area contributed by atoms with E-state index in [0.717, 1.165) is 5.56 Å². The van der Waals surface area contributed by atoms with Crippen molar-refractivity contribution < 1.29 is 27.8 Å². The molecule has 6 rings (SSSR count). The van der Waals surface area contributed by atoms with E-state index in [9.17, 15) is 10.1 Å². The maximum absolute atomic E-state index is 15.6. The molecule has 1 saturated heterocycles. The van der Waals surface area contributed by atoms with E-state index in [1.165, 1.54) is 34.3 Å². The largest absolute Gasteiger partial charge is 0.491 e. The molecule has 1 aliphatic heterocycles. The minimum absolute atomic E-state index is 0.00759. The van der Waals surface area contributed by atoms with Gasteiger partial charge in [0.1, 0.15) is 35.9 Å². The van der Waals surface area contributed by atoms with Crippen LogP contribution in [0.25, 0.3) is 16.6 Å². The fourth-order valence-electron chi connectivity index (χ4n) is 5.80. The highest BCUT2D eigenvalue weighted by Gasteiger charge is 2.46. The van der Waals surface area contributed by atoms with Crippen LogP contribution in [0.5, 0.6) is 23.1 Å². The van der Waals surface area contributed by atoms with Crippen molar-refractivity contribution in [3.05, 3.63) is 72.5 Å². The number of piperidine rings is 1. The molecule has 270 valence electrons. The number of aryl methyl sites for hydroxylation is 1. The van der Waals surface area contributed by atoms with Gasteiger partial charge < -0.3 is 34.6 Å². The van der Waals surface area contributed by atoms with Gasteiger partial charge in [0.2, 0.25) is 11.8 Å². The standard InChI is InChI=1S/C36H38F2N10O4/c1-6-50-27-15-25-32(35(34(27)45-30(49)8-7-12-46(3)4)52-28-11-13-47(5)19-36(28,37)38)33(23(17-39)18-40-25)44-24-9-10-26(22(2)14-24)51-31-16-29-41-20-43-48(29)21-42-31/h7-10,14-16,18,20-21,28H,6,11-13,19H2,1-5H3,(H,40,44)(H,45,49)/b8-7+. The summed E-state index contributed by atoms with van der Waals surface area (Å²) < 4.78 is 50.9. The second-order valence-corrected chi connectivity index (χ2v) is 12.6. The average Bonchev–Trinajstić information content (AvgIpc) is 3.56. The fraction of sp³-hybridized carbons (Fsp3) is 0.333. The topological polar surface area (TPSA) is 155 Å². The van der Waals surface area contributed by atoms with Gasteiger partial charge in [0, 0.05) is 49.6 Å². The van der Waals surface area contributed by atoms with Crippen molar-refractivity contribution >= 4 is 39.5 Å². The normalized spacial score (nSPS) is 15.9. The van der Waals surface area contributed by atoms with E-state index in [4.69, 9.17) is 14.2 Å². The van der Waals surface area contributed by atoms with Gasteiger partial charge in [-0.15, -0.1) is 0 Å². The molecule has 2 aromatic carbocycles. The van der Waals surface area contributed by atoms with Gasteiger partial charge in [-0.25, -0.2) is 23.3 Å². The Morgan fingerprint density at radius 1 is 1.17 bits per heavy atom. The number of aromatic nitrogens is 5. The van der Waals surface area contributed by atoms with E-state index in [-0.39, 0.29) is 46.9 Å². The minimum Gasteiger partial charge on any atom is -0.491 e. The van der Waals surface area contributed by atoms with Gasteiger partial charge in [0.05, 0.1) is 35.3 Å². The molecule has 5 aromatic rings. The molecule has 14 nitrogen and oxygen atoms in total. The van der Waals surface area contributed by atoms with Crippen molar-refractivity contribution in [3.63, 3.8) is 0 Å². The number of rotatable bonds is 12. The Balaban J connectivity index is 1.45. The fourth-order valence-corrected chi connectivity index (χ4v) is 5.80. The number of hydrogen-bond acceptors (Lipinski definition) is 12. The third kappa shape index (κ3) is 7.85. The number of nitriles is 1. The first-order chi connectivity index (χ1) is 24.9. The molecule has 0 bridgehead atoms. The molecule has 0 aliphatic carbocycles. The number of alkyl halides is 2. The average molecular weight is 713 g/mol. The van der Waals surface area contributed by atoms with E-state index in [1.807, 2.05) is 25.9 Å². The Kier molecular flexibility index (Phi) is 10.4. The number of nitrogens with one attached hydrogen (secondary N) is 2. The number of carbonyl (C=O) groups excluding carboxylic acids is 1. The number of likely N-dealkylation sites (N-methyl/N-ethyl adjacent to an activating group) is 1. The number of amides is 1. The number of fused-ring (bicyclic) bond motifs is 2. The molecule has 4 heterocycles. The highest BCUT2D eigenvalue weighted by molar-refractivity contribution is 6.09. The molecular formula is C36H38F2N10O4. The second kappa shape index (κ2) is 15.1. The van der Waals surface area contributed by atoms with Crippen molar-refractivity contribution in [2.45, 2.75) is 32.3 Å². The molecule has 1 fully saturated rings. The highest BCUT2D eigenvalue weighted by Crippen LogP contribution is 2.48. The van der Waals surface area contributed by atoms with E-state index >= 15 is 8.78 Å². The van der Waals surface area contributed by atoms with E-state index in [2.05, 4.69) is 36.8 Å². The Labute approximate surface area is 298 Å². The van der Waals surface area contributed by atoms with Crippen LogP contribution in [-0.4, -0.2) is 99.7 Å². The van der Waals surface area contributed by atoms with Crippen LogP contribution >= 0.6 is 0 Å². The van der Waals surface area contributed by atoms with Gasteiger partial charge in [0.25, 0.3) is 5.92 Å². The maximum atomic E-state index is 15.6. The highest BCUT2D eigenvalue weighted by atomic mass is 19.3. The summed E-state index contributed by atoms with van der Waals surface area (Å²) >= 11 is 0. The summed E-state index contributed by atoms with van der Waals surface area (Å²) in [6, 6.07) is 10.7. The van der Waals surface area contributed by atoms with Crippen molar-refractivity contribution in [1.82, 2.24) is 34.4 Å². The van der Waals surface area contributed by atoms with Gasteiger partial charge in [-0.1, -0.05) is 6.08 Å². The first kappa shape index (κ1) is 35.9. The molecule has 16 heteroatoms. The van der Waals surface area contributed by atoms with Crippen LogP contribution in [0.15, 0.2) is 61.3 Å². The third-order valence-corrected chi connectivity index (χ3v) is 8.28. The molecule has 1 unspecified atom stereocenters. The maximum Gasteiger partial charge on any atom is 0.296 e. The molecule has 2 N–H and O–H groups in total. The molecule has 0 saturated carbocycles. The first-order valence-electron chi connectivity index (χ1n) is 16.5. The number of anilines is 3. The van der Waals surface area contributed by atoms with Crippen LogP contribution in [0.2, 0.25) is 0 Å². The lowest BCUT2D eigenvalue weighted by molar-refractivity contribution is -0.134. The van der Waals surface area contributed by atoms with Gasteiger partial charge in [0.15, 0.2) is 17.5 Å². The van der Waals surface area contributed by atoms with E-state index < -0.39 is 24.5 Å². The molecule has 3 aromatic heterocycles. The summed E-state index contributed by atoms with van der Waals surface area (Å²) in [6.07, 6.45) is 5.77. The number of nitrogens with zero attached hydrogens (tertiary/aromatic N) is 8. The Hall–Kier alpha value is -5.92. The third-order valence-electron chi connectivity index (χ3n) is 8.28. The van der Waals surface area contributed by atoms with Gasteiger partial charge in [-0.05, 0) is 58.8 Å². The number of likely N-dealkylation sites (tertiary alicyclic amines) is 1. The zero-order valence-corrected chi connectivity index (χ0v) is 29.4. The number of pyridine rings is 1. The molecule has 1 atom stereocenters. The van der Waals surface area contributed by atoms with E-state index in [1.54, 1.807) is 50.4 Å². The van der Waals surface area contributed by atoms with Crippen molar-refractivity contribution in [3.8, 4) is 29.2 Å². The Morgan fingerprint density at radius 2 is 2.00 bits per heavy atom. The number of benzene rings is 2. The van der Waals surface area contributed by atoms with Crippen molar-refractivity contribution in [2.75, 3.05) is 58.0 Å². The molecule has 1 amide bonds. The summed E-state index contributed by atoms with van der Waals surface area (Å²) in [5, 5.41) is 20.6.